The standard InChI is InChI=1S/C24H24N4O2S2/c1-30-18-11-9-17(10-12-18)27-15-13-25-24(27)31-16-22(29)28-14-5-4-7-20(28)23-26-19-6-2-3-8-21(19)32-23/h2-3,6,8-13,15,20H,4-5,7,14,16H2,1H3/t20-/m0/s1. The minimum absolute atomic E-state index is 0.0654. The Balaban J connectivity index is 1.30. The average molecular weight is 465 g/mol. The molecule has 0 radical (unpaired) electrons. The van der Waals surface area contributed by atoms with Gasteiger partial charge in [0, 0.05) is 24.6 Å². The number of benzene rings is 2. The Hall–Kier alpha value is -2.84. The van der Waals surface area contributed by atoms with Gasteiger partial charge in [0.25, 0.3) is 0 Å². The summed E-state index contributed by atoms with van der Waals surface area (Å²) in [5, 5.41) is 1.85. The molecule has 1 atom stereocenters. The van der Waals surface area contributed by atoms with Crippen LogP contribution >= 0.6 is 23.1 Å². The molecule has 3 heterocycles. The second-order valence-corrected chi connectivity index (χ2v) is 9.69. The van der Waals surface area contributed by atoms with Crippen LogP contribution in [0.5, 0.6) is 5.75 Å². The first-order chi connectivity index (χ1) is 15.7. The highest BCUT2D eigenvalue weighted by molar-refractivity contribution is 7.99. The van der Waals surface area contributed by atoms with Crippen LogP contribution in [0.2, 0.25) is 0 Å². The van der Waals surface area contributed by atoms with Crippen molar-refractivity contribution in [3.05, 3.63) is 65.9 Å². The van der Waals surface area contributed by atoms with Crippen molar-refractivity contribution in [3.63, 3.8) is 0 Å². The van der Waals surface area contributed by atoms with Gasteiger partial charge in [0.05, 0.1) is 29.1 Å². The van der Waals surface area contributed by atoms with Crippen LogP contribution in [0, 0.1) is 0 Å². The lowest BCUT2D eigenvalue weighted by atomic mass is 10.0. The lowest BCUT2D eigenvalue weighted by Gasteiger charge is -2.34. The lowest BCUT2D eigenvalue weighted by Crippen LogP contribution is -2.39. The molecule has 0 bridgehead atoms. The zero-order valence-corrected chi connectivity index (χ0v) is 19.4. The minimum Gasteiger partial charge on any atom is -0.497 e. The number of thioether (sulfide) groups is 1. The number of para-hydroxylation sites is 1. The number of ether oxygens (including phenoxy) is 1. The summed E-state index contributed by atoms with van der Waals surface area (Å²) in [7, 11) is 1.65. The van der Waals surface area contributed by atoms with E-state index in [2.05, 4.69) is 11.1 Å². The van der Waals surface area contributed by atoms with Crippen LogP contribution in [0.25, 0.3) is 15.9 Å². The Kier molecular flexibility index (Phi) is 6.14. The average Bonchev–Trinajstić information content (AvgIpc) is 3.49. The van der Waals surface area contributed by atoms with Gasteiger partial charge in [-0.1, -0.05) is 23.9 Å². The summed E-state index contributed by atoms with van der Waals surface area (Å²) in [5.41, 5.74) is 2.00. The number of thiazole rings is 1. The van der Waals surface area contributed by atoms with Crippen molar-refractivity contribution in [2.75, 3.05) is 19.4 Å². The molecule has 164 valence electrons. The normalized spacial score (nSPS) is 16.4. The van der Waals surface area contributed by atoms with E-state index in [1.807, 2.05) is 58.1 Å². The number of imidazole rings is 1. The Bertz CT molecular complexity index is 1190. The van der Waals surface area contributed by atoms with Crippen molar-refractivity contribution in [2.45, 2.75) is 30.5 Å². The second-order valence-electron chi connectivity index (χ2n) is 7.69. The second kappa shape index (κ2) is 9.34. The highest BCUT2D eigenvalue weighted by Crippen LogP contribution is 2.36. The number of rotatable bonds is 6. The fourth-order valence-electron chi connectivity index (χ4n) is 4.06. The molecular formula is C24H24N4O2S2. The van der Waals surface area contributed by atoms with Crippen molar-refractivity contribution in [3.8, 4) is 11.4 Å². The summed E-state index contributed by atoms with van der Waals surface area (Å²) in [6.07, 6.45) is 6.82. The fraction of sp³-hybridized carbons (Fsp3) is 0.292. The third-order valence-corrected chi connectivity index (χ3v) is 7.79. The third kappa shape index (κ3) is 4.25. The maximum absolute atomic E-state index is 13.3. The molecule has 32 heavy (non-hydrogen) atoms. The van der Waals surface area contributed by atoms with Gasteiger partial charge in [-0.3, -0.25) is 9.36 Å². The number of aromatic nitrogens is 3. The summed E-state index contributed by atoms with van der Waals surface area (Å²) < 4.78 is 8.42. The number of carbonyl (C=O) groups is 1. The number of nitrogens with zero attached hydrogens (tertiary/aromatic N) is 4. The topological polar surface area (TPSA) is 60.3 Å². The summed E-state index contributed by atoms with van der Waals surface area (Å²) in [6, 6.07) is 16.1. The van der Waals surface area contributed by atoms with E-state index in [0.29, 0.717) is 5.75 Å². The van der Waals surface area contributed by atoms with Crippen LogP contribution in [0.4, 0.5) is 0 Å². The first-order valence-corrected chi connectivity index (χ1v) is 12.5. The molecule has 1 amide bonds. The molecule has 0 saturated carbocycles. The van der Waals surface area contributed by atoms with Gasteiger partial charge in [0.15, 0.2) is 5.16 Å². The smallest absolute Gasteiger partial charge is 0.233 e. The Labute approximate surface area is 195 Å². The summed E-state index contributed by atoms with van der Waals surface area (Å²) in [4.78, 5) is 24.6. The first kappa shape index (κ1) is 21.0. The molecule has 0 unspecified atom stereocenters. The van der Waals surface area contributed by atoms with Crippen LogP contribution in [-0.4, -0.2) is 44.7 Å². The largest absolute Gasteiger partial charge is 0.497 e. The molecule has 0 N–H and O–H groups in total. The molecule has 1 fully saturated rings. The number of hydrogen-bond acceptors (Lipinski definition) is 6. The predicted octanol–water partition coefficient (Wildman–Crippen LogP) is 5.34. The lowest BCUT2D eigenvalue weighted by molar-refractivity contribution is -0.132. The zero-order chi connectivity index (χ0) is 21.9. The van der Waals surface area contributed by atoms with Crippen molar-refractivity contribution in [2.24, 2.45) is 0 Å². The molecule has 2 aromatic heterocycles. The van der Waals surface area contributed by atoms with E-state index < -0.39 is 0 Å². The third-order valence-electron chi connectivity index (χ3n) is 5.70. The highest BCUT2D eigenvalue weighted by Gasteiger charge is 2.30. The van der Waals surface area contributed by atoms with Gasteiger partial charge >= 0.3 is 0 Å². The first-order valence-electron chi connectivity index (χ1n) is 10.7. The molecular weight excluding hydrogens is 440 g/mol. The van der Waals surface area contributed by atoms with Crippen LogP contribution in [0.15, 0.2) is 66.1 Å². The van der Waals surface area contributed by atoms with E-state index >= 15 is 0 Å². The molecule has 1 aliphatic heterocycles. The van der Waals surface area contributed by atoms with E-state index in [9.17, 15) is 4.79 Å². The molecule has 0 spiro atoms. The molecule has 0 aliphatic carbocycles. The molecule has 4 aromatic rings. The Morgan fingerprint density at radius 1 is 1.19 bits per heavy atom. The van der Waals surface area contributed by atoms with Crippen molar-refractivity contribution in [1.82, 2.24) is 19.4 Å². The summed E-state index contributed by atoms with van der Waals surface area (Å²) in [6.45, 7) is 0.785. The number of hydrogen-bond donors (Lipinski definition) is 0. The van der Waals surface area contributed by atoms with Crippen LogP contribution in [-0.2, 0) is 4.79 Å². The van der Waals surface area contributed by atoms with Crippen molar-refractivity contribution < 1.29 is 9.53 Å². The van der Waals surface area contributed by atoms with Gasteiger partial charge < -0.3 is 9.64 Å². The number of likely N-dealkylation sites (tertiary alicyclic amines) is 1. The minimum atomic E-state index is 0.0654. The van der Waals surface area contributed by atoms with Crippen molar-refractivity contribution in [1.29, 1.82) is 0 Å². The highest BCUT2D eigenvalue weighted by atomic mass is 32.2. The maximum atomic E-state index is 13.3. The van der Waals surface area contributed by atoms with Gasteiger partial charge in [-0.2, -0.15) is 0 Å². The molecule has 1 aliphatic rings. The van der Waals surface area contributed by atoms with Gasteiger partial charge in [0.1, 0.15) is 10.8 Å². The van der Waals surface area contributed by atoms with E-state index in [4.69, 9.17) is 9.72 Å². The van der Waals surface area contributed by atoms with Gasteiger partial charge in [-0.25, -0.2) is 9.97 Å². The van der Waals surface area contributed by atoms with E-state index in [1.165, 1.54) is 16.5 Å². The van der Waals surface area contributed by atoms with Gasteiger partial charge in [-0.15, -0.1) is 11.3 Å². The summed E-state index contributed by atoms with van der Waals surface area (Å²) >= 11 is 3.18. The van der Waals surface area contributed by atoms with Crippen molar-refractivity contribution >= 4 is 39.2 Å². The molecule has 2 aromatic carbocycles. The van der Waals surface area contributed by atoms with Crippen LogP contribution < -0.4 is 4.74 Å². The predicted molar refractivity (Wildman–Crippen MR) is 129 cm³/mol. The molecule has 5 rings (SSSR count). The molecule has 8 heteroatoms. The van der Waals surface area contributed by atoms with Crippen LogP contribution in [0.1, 0.15) is 30.3 Å². The quantitative estimate of drug-likeness (QED) is 0.361. The number of amides is 1. The SMILES string of the molecule is COc1ccc(-n2ccnc2SCC(=O)N2CCCC[C@H]2c2nc3ccccc3s2)cc1. The number of carbonyl (C=O) groups excluding carboxylic acids is 1. The van der Waals surface area contributed by atoms with Gasteiger partial charge in [-0.05, 0) is 55.7 Å². The van der Waals surface area contributed by atoms with Gasteiger partial charge in [0.2, 0.25) is 5.91 Å². The van der Waals surface area contributed by atoms with E-state index in [1.54, 1.807) is 24.6 Å². The van der Waals surface area contributed by atoms with E-state index in [0.717, 1.165) is 52.9 Å². The Morgan fingerprint density at radius 3 is 2.84 bits per heavy atom. The maximum Gasteiger partial charge on any atom is 0.233 e. The number of fused-ring (bicyclic) bond motifs is 1. The number of methoxy groups -OCH3 is 1. The summed E-state index contributed by atoms with van der Waals surface area (Å²) in [5.74, 6) is 1.31. The monoisotopic (exact) mass is 464 g/mol. The molecule has 1 saturated heterocycles. The zero-order valence-electron chi connectivity index (χ0n) is 17.8. The van der Waals surface area contributed by atoms with Crippen LogP contribution in [0.3, 0.4) is 0 Å². The number of piperidine rings is 1. The fourth-order valence-corrected chi connectivity index (χ4v) is 6.04. The molecule has 6 nitrogen and oxygen atoms in total. The van der Waals surface area contributed by atoms with E-state index in [-0.39, 0.29) is 11.9 Å². The Morgan fingerprint density at radius 2 is 2.03 bits per heavy atom.